The minimum Gasteiger partial charge on any atom is -0.296 e. The zero-order chi connectivity index (χ0) is 19.0. The molecular formula is C17H22N6O3S. The van der Waals surface area contributed by atoms with Crippen LogP contribution in [0, 0.1) is 6.92 Å². The molecule has 0 bridgehead atoms. The fourth-order valence-electron chi connectivity index (χ4n) is 3.46. The Hall–Kier alpha value is -2.30. The number of benzene rings is 1. The fourth-order valence-corrected chi connectivity index (χ4v) is 5.02. The van der Waals surface area contributed by atoms with E-state index in [4.69, 9.17) is 4.63 Å². The topological polar surface area (TPSA) is 97.4 Å². The Balaban J connectivity index is 1.47. The number of fused-ring (bicyclic) bond motifs is 1. The second-order valence-corrected chi connectivity index (χ2v) is 8.55. The summed E-state index contributed by atoms with van der Waals surface area (Å²) in [5.74, 6) is 0. The molecule has 1 aliphatic heterocycles. The van der Waals surface area contributed by atoms with Crippen molar-refractivity contribution in [1.29, 1.82) is 0 Å². The Labute approximate surface area is 157 Å². The van der Waals surface area contributed by atoms with Gasteiger partial charge in [0.25, 0.3) is 0 Å². The molecule has 3 aromatic rings. The molecule has 0 spiro atoms. The smallest absolute Gasteiger partial charge is 0.245 e. The summed E-state index contributed by atoms with van der Waals surface area (Å²) in [6, 6.07) is 4.89. The number of aryl methyl sites for hydroxylation is 1. The third-order valence-electron chi connectivity index (χ3n) is 5.10. The van der Waals surface area contributed by atoms with Crippen molar-refractivity contribution >= 4 is 21.1 Å². The van der Waals surface area contributed by atoms with Crippen LogP contribution in [0.1, 0.15) is 18.2 Å². The van der Waals surface area contributed by atoms with Gasteiger partial charge in [-0.05, 0) is 36.3 Å². The first kappa shape index (κ1) is 18.1. The maximum absolute atomic E-state index is 13.0. The second-order valence-electron chi connectivity index (χ2n) is 6.64. The van der Waals surface area contributed by atoms with Gasteiger partial charge >= 0.3 is 0 Å². The van der Waals surface area contributed by atoms with Gasteiger partial charge in [0.2, 0.25) is 10.0 Å². The zero-order valence-electron chi connectivity index (χ0n) is 15.4. The van der Waals surface area contributed by atoms with Gasteiger partial charge in [-0.15, -0.1) is 0 Å². The first-order valence-electron chi connectivity index (χ1n) is 8.95. The molecule has 2 aromatic heterocycles. The summed E-state index contributed by atoms with van der Waals surface area (Å²) in [6.07, 6.45) is 1.90. The van der Waals surface area contributed by atoms with Gasteiger partial charge in [-0.25, -0.2) is 13.0 Å². The number of hydrogen-bond donors (Lipinski definition) is 0. The molecule has 0 amide bonds. The molecule has 0 unspecified atom stereocenters. The van der Waals surface area contributed by atoms with Crippen molar-refractivity contribution in [1.82, 2.24) is 29.3 Å². The average molecular weight is 390 g/mol. The van der Waals surface area contributed by atoms with Gasteiger partial charge in [0.05, 0.1) is 6.20 Å². The Bertz CT molecular complexity index is 1050. The largest absolute Gasteiger partial charge is 0.296 e. The molecule has 0 atom stereocenters. The van der Waals surface area contributed by atoms with Gasteiger partial charge in [-0.2, -0.15) is 9.40 Å². The molecule has 0 saturated carbocycles. The van der Waals surface area contributed by atoms with Crippen LogP contribution in [0.2, 0.25) is 0 Å². The third-order valence-corrected chi connectivity index (χ3v) is 7.03. The summed E-state index contributed by atoms with van der Waals surface area (Å²) in [6.45, 7) is 7.97. The molecule has 0 aliphatic carbocycles. The van der Waals surface area contributed by atoms with Crippen molar-refractivity contribution in [3.05, 3.63) is 35.7 Å². The van der Waals surface area contributed by atoms with Crippen LogP contribution in [0.5, 0.6) is 0 Å². The van der Waals surface area contributed by atoms with Crippen LogP contribution in [0.15, 0.2) is 33.9 Å². The van der Waals surface area contributed by atoms with Crippen molar-refractivity contribution in [2.45, 2.75) is 31.8 Å². The number of aromatic nitrogens is 4. The van der Waals surface area contributed by atoms with Crippen LogP contribution in [-0.2, 0) is 23.1 Å². The first-order valence-corrected chi connectivity index (χ1v) is 10.4. The minimum absolute atomic E-state index is 0.148. The highest BCUT2D eigenvalue weighted by molar-refractivity contribution is 7.89. The van der Waals surface area contributed by atoms with Gasteiger partial charge in [0.1, 0.15) is 10.4 Å². The van der Waals surface area contributed by atoms with E-state index in [1.807, 2.05) is 10.9 Å². The molecule has 0 N–H and O–H groups in total. The zero-order valence-corrected chi connectivity index (χ0v) is 16.2. The van der Waals surface area contributed by atoms with Crippen molar-refractivity contribution in [3.63, 3.8) is 0 Å². The van der Waals surface area contributed by atoms with E-state index < -0.39 is 10.0 Å². The van der Waals surface area contributed by atoms with Crippen molar-refractivity contribution in [2.24, 2.45) is 0 Å². The molecule has 4 rings (SSSR count). The van der Waals surface area contributed by atoms with Gasteiger partial charge in [0, 0.05) is 50.5 Å². The van der Waals surface area contributed by atoms with Crippen LogP contribution in [-0.4, -0.2) is 63.9 Å². The summed E-state index contributed by atoms with van der Waals surface area (Å²) < 4.78 is 34.3. The van der Waals surface area contributed by atoms with Crippen LogP contribution in [0.25, 0.3) is 11.0 Å². The SMILES string of the molecule is CCn1ncc(CN2CCN(S(=O)(=O)c3cccc4nonc34)CC2)c1C. The number of hydrogen-bond acceptors (Lipinski definition) is 7. The predicted molar refractivity (Wildman–Crippen MR) is 98.5 cm³/mol. The lowest BCUT2D eigenvalue weighted by Gasteiger charge is -2.33. The monoisotopic (exact) mass is 390 g/mol. The van der Waals surface area contributed by atoms with E-state index in [0.717, 1.165) is 18.8 Å². The minimum atomic E-state index is -3.64. The molecule has 1 aliphatic rings. The van der Waals surface area contributed by atoms with E-state index in [9.17, 15) is 8.42 Å². The van der Waals surface area contributed by atoms with Gasteiger partial charge < -0.3 is 0 Å². The van der Waals surface area contributed by atoms with E-state index in [1.165, 1.54) is 9.87 Å². The molecular weight excluding hydrogens is 368 g/mol. The van der Waals surface area contributed by atoms with Crippen LogP contribution >= 0.6 is 0 Å². The van der Waals surface area contributed by atoms with Crippen molar-refractivity contribution in [2.75, 3.05) is 26.2 Å². The Morgan fingerprint density at radius 3 is 2.63 bits per heavy atom. The fraction of sp³-hybridized carbons (Fsp3) is 0.471. The van der Waals surface area contributed by atoms with E-state index in [1.54, 1.807) is 18.2 Å². The quantitative estimate of drug-likeness (QED) is 0.647. The Kier molecular flexibility index (Phi) is 4.70. The summed E-state index contributed by atoms with van der Waals surface area (Å²) in [7, 11) is -3.64. The van der Waals surface area contributed by atoms with E-state index in [2.05, 4.69) is 34.2 Å². The average Bonchev–Trinajstić information content (AvgIpc) is 3.29. The van der Waals surface area contributed by atoms with Crippen LogP contribution in [0.4, 0.5) is 0 Å². The lowest BCUT2D eigenvalue weighted by Crippen LogP contribution is -2.48. The molecule has 3 heterocycles. The standard InChI is InChI=1S/C17H22N6O3S/c1-3-23-13(2)14(11-18-23)12-21-7-9-22(10-8-21)27(24,25)16-6-4-5-15-17(16)20-26-19-15/h4-6,11H,3,7-10,12H2,1-2H3. The normalized spacial score (nSPS) is 17.0. The highest BCUT2D eigenvalue weighted by Crippen LogP contribution is 2.24. The molecule has 27 heavy (non-hydrogen) atoms. The number of nitrogens with zero attached hydrogens (tertiary/aromatic N) is 6. The number of rotatable bonds is 5. The Morgan fingerprint density at radius 2 is 1.93 bits per heavy atom. The van der Waals surface area contributed by atoms with Crippen molar-refractivity contribution in [3.8, 4) is 0 Å². The lowest BCUT2D eigenvalue weighted by atomic mass is 10.2. The second kappa shape index (κ2) is 7.02. The first-order chi connectivity index (χ1) is 13.0. The summed E-state index contributed by atoms with van der Waals surface area (Å²) in [5, 5.41) is 11.9. The van der Waals surface area contributed by atoms with Crippen LogP contribution in [0.3, 0.4) is 0 Å². The Morgan fingerprint density at radius 1 is 1.15 bits per heavy atom. The van der Waals surface area contributed by atoms with Gasteiger partial charge in [-0.1, -0.05) is 6.07 Å². The molecule has 144 valence electrons. The van der Waals surface area contributed by atoms with E-state index in [0.29, 0.717) is 31.7 Å². The highest BCUT2D eigenvalue weighted by Gasteiger charge is 2.31. The lowest BCUT2D eigenvalue weighted by molar-refractivity contribution is 0.181. The summed E-state index contributed by atoms with van der Waals surface area (Å²) in [5.41, 5.74) is 3.07. The van der Waals surface area contributed by atoms with E-state index in [-0.39, 0.29) is 10.4 Å². The van der Waals surface area contributed by atoms with Gasteiger partial charge in [-0.3, -0.25) is 9.58 Å². The third kappa shape index (κ3) is 3.24. The molecule has 1 fully saturated rings. The highest BCUT2D eigenvalue weighted by atomic mass is 32.2. The molecule has 0 radical (unpaired) electrons. The maximum Gasteiger partial charge on any atom is 0.245 e. The molecule has 10 heteroatoms. The van der Waals surface area contributed by atoms with E-state index >= 15 is 0 Å². The maximum atomic E-state index is 13.0. The molecule has 9 nitrogen and oxygen atoms in total. The number of sulfonamides is 1. The van der Waals surface area contributed by atoms with Gasteiger partial charge in [0.15, 0.2) is 5.52 Å². The number of piperazine rings is 1. The summed E-state index contributed by atoms with van der Waals surface area (Å²) in [4.78, 5) is 2.41. The van der Waals surface area contributed by atoms with Crippen molar-refractivity contribution < 1.29 is 13.0 Å². The predicted octanol–water partition coefficient (Wildman–Crippen LogP) is 1.25. The summed E-state index contributed by atoms with van der Waals surface area (Å²) >= 11 is 0. The van der Waals surface area contributed by atoms with Crippen LogP contribution < -0.4 is 0 Å². The molecule has 1 aromatic carbocycles. The molecule has 1 saturated heterocycles.